The fourth-order valence-electron chi connectivity index (χ4n) is 1.91. The molecule has 13 heavy (non-hydrogen) atoms. The number of rotatable bonds is 3. The summed E-state index contributed by atoms with van der Waals surface area (Å²) in [7, 11) is 2.04. The molecular weight excluding hydrogens is 162 g/mol. The molecule has 2 unspecified atom stereocenters. The van der Waals surface area contributed by atoms with Gasteiger partial charge in [0.15, 0.2) is 0 Å². The number of nitrogens with two attached hydrogens (primary N) is 1. The monoisotopic (exact) mass is 179 g/mol. The summed E-state index contributed by atoms with van der Waals surface area (Å²) in [6, 6.07) is 0.459. The minimum atomic E-state index is 0.459. The molecule has 1 aliphatic rings. The highest BCUT2D eigenvalue weighted by molar-refractivity contribution is 4.93. The topological polar surface area (TPSA) is 43.8 Å². The zero-order valence-corrected chi connectivity index (χ0v) is 8.11. The van der Waals surface area contributed by atoms with Gasteiger partial charge >= 0.3 is 0 Å². The molecule has 1 heterocycles. The van der Waals surface area contributed by atoms with Crippen LogP contribution >= 0.6 is 0 Å². The first kappa shape index (κ1) is 8.75. The Balaban J connectivity index is 1.83. The predicted molar refractivity (Wildman–Crippen MR) is 52.2 cm³/mol. The van der Waals surface area contributed by atoms with Crippen molar-refractivity contribution in [3.63, 3.8) is 0 Å². The highest BCUT2D eigenvalue weighted by Gasteiger charge is 2.26. The van der Waals surface area contributed by atoms with Gasteiger partial charge in [0.25, 0.3) is 0 Å². The Labute approximate surface area is 79.0 Å². The van der Waals surface area contributed by atoms with Gasteiger partial charge in [-0.2, -0.15) is 0 Å². The summed E-state index contributed by atoms with van der Waals surface area (Å²) >= 11 is 0. The molecular formula is C10H17N3. The SMILES string of the molecule is Cn1ccnc1CCC1CCC1N. The van der Waals surface area contributed by atoms with E-state index in [9.17, 15) is 0 Å². The molecule has 2 atom stereocenters. The van der Waals surface area contributed by atoms with Crippen molar-refractivity contribution in [1.29, 1.82) is 0 Å². The Morgan fingerprint density at radius 2 is 2.46 bits per heavy atom. The highest BCUT2D eigenvalue weighted by atomic mass is 15.0. The van der Waals surface area contributed by atoms with Crippen LogP contribution in [0.4, 0.5) is 0 Å². The molecule has 0 spiro atoms. The fraction of sp³-hybridized carbons (Fsp3) is 0.700. The fourth-order valence-corrected chi connectivity index (χ4v) is 1.91. The van der Waals surface area contributed by atoms with Crippen LogP contribution in [0.2, 0.25) is 0 Å². The molecule has 1 fully saturated rings. The molecule has 0 saturated heterocycles. The van der Waals surface area contributed by atoms with Crippen molar-refractivity contribution >= 4 is 0 Å². The third-order valence-electron chi connectivity index (χ3n) is 3.14. The molecule has 72 valence electrons. The summed E-state index contributed by atoms with van der Waals surface area (Å²) in [5, 5.41) is 0. The molecule has 3 nitrogen and oxygen atoms in total. The highest BCUT2D eigenvalue weighted by Crippen LogP contribution is 2.29. The van der Waals surface area contributed by atoms with Gasteiger partial charge in [0.2, 0.25) is 0 Å². The van der Waals surface area contributed by atoms with Crippen LogP contribution in [0.5, 0.6) is 0 Å². The molecule has 1 aromatic rings. The Bertz CT molecular complexity index is 279. The molecule has 0 radical (unpaired) electrons. The minimum absolute atomic E-state index is 0.459. The molecule has 0 aromatic carbocycles. The van der Waals surface area contributed by atoms with E-state index >= 15 is 0 Å². The number of hydrogen-bond acceptors (Lipinski definition) is 2. The number of aromatic nitrogens is 2. The van der Waals surface area contributed by atoms with Gasteiger partial charge in [-0.3, -0.25) is 0 Å². The van der Waals surface area contributed by atoms with Crippen molar-refractivity contribution in [3.8, 4) is 0 Å². The maximum absolute atomic E-state index is 5.87. The van der Waals surface area contributed by atoms with E-state index in [0.717, 1.165) is 12.3 Å². The summed E-state index contributed by atoms with van der Waals surface area (Å²) in [5.41, 5.74) is 5.87. The lowest BCUT2D eigenvalue weighted by Gasteiger charge is -2.33. The Morgan fingerprint density at radius 1 is 1.62 bits per heavy atom. The van der Waals surface area contributed by atoms with Crippen LogP contribution in [0, 0.1) is 5.92 Å². The number of imidazole rings is 1. The quantitative estimate of drug-likeness (QED) is 0.755. The van der Waals surface area contributed by atoms with E-state index in [1.807, 2.05) is 19.4 Å². The summed E-state index contributed by atoms with van der Waals surface area (Å²) < 4.78 is 2.09. The van der Waals surface area contributed by atoms with E-state index in [2.05, 4.69) is 9.55 Å². The predicted octanol–water partition coefficient (Wildman–Crippen LogP) is 1.09. The normalized spacial score (nSPS) is 27.2. The van der Waals surface area contributed by atoms with Crippen molar-refractivity contribution in [2.45, 2.75) is 31.7 Å². The van der Waals surface area contributed by atoms with Gasteiger partial charge in [-0.05, 0) is 25.2 Å². The summed E-state index contributed by atoms with van der Waals surface area (Å²) in [6.45, 7) is 0. The Hall–Kier alpha value is -0.830. The van der Waals surface area contributed by atoms with Crippen LogP contribution in [0.3, 0.4) is 0 Å². The van der Waals surface area contributed by atoms with Crippen molar-refractivity contribution in [2.24, 2.45) is 18.7 Å². The second kappa shape index (κ2) is 3.50. The molecule has 0 aliphatic heterocycles. The molecule has 1 aliphatic carbocycles. The van der Waals surface area contributed by atoms with E-state index in [1.54, 1.807) is 0 Å². The van der Waals surface area contributed by atoms with Crippen LogP contribution in [0.15, 0.2) is 12.4 Å². The molecule has 0 amide bonds. The van der Waals surface area contributed by atoms with Crippen molar-refractivity contribution in [2.75, 3.05) is 0 Å². The zero-order chi connectivity index (χ0) is 9.26. The van der Waals surface area contributed by atoms with Gasteiger partial charge in [0.05, 0.1) is 0 Å². The molecule has 3 heteroatoms. The summed E-state index contributed by atoms with van der Waals surface area (Å²) in [5.74, 6) is 1.93. The first-order valence-corrected chi connectivity index (χ1v) is 4.99. The maximum atomic E-state index is 5.87. The third kappa shape index (κ3) is 1.75. The van der Waals surface area contributed by atoms with Crippen molar-refractivity contribution in [3.05, 3.63) is 18.2 Å². The molecule has 1 aromatic heterocycles. The van der Waals surface area contributed by atoms with Crippen LogP contribution in [-0.4, -0.2) is 15.6 Å². The minimum Gasteiger partial charge on any atom is -0.338 e. The number of nitrogens with zero attached hydrogens (tertiary/aromatic N) is 2. The maximum Gasteiger partial charge on any atom is 0.108 e. The Morgan fingerprint density at radius 3 is 2.92 bits per heavy atom. The molecule has 1 saturated carbocycles. The first-order valence-electron chi connectivity index (χ1n) is 4.99. The number of aryl methyl sites for hydroxylation is 2. The van der Waals surface area contributed by atoms with E-state index in [-0.39, 0.29) is 0 Å². The van der Waals surface area contributed by atoms with Gasteiger partial charge in [-0.15, -0.1) is 0 Å². The van der Waals surface area contributed by atoms with E-state index < -0.39 is 0 Å². The van der Waals surface area contributed by atoms with Crippen LogP contribution in [0.1, 0.15) is 25.1 Å². The first-order chi connectivity index (χ1) is 6.27. The average molecular weight is 179 g/mol. The van der Waals surface area contributed by atoms with E-state index in [4.69, 9.17) is 5.73 Å². The van der Waals surface area contributed by atoms with Crippen LogP contribution in [0.25, 0.3) is 0 Å². The molecule has 2 N–H and O–H groups in total. The van der Waals surface area contributed by atoms with Gasteiger partial charge in [0, 0.05) is 31.9 Å². The standard InChI is InChI=1S/C10H17N3/c1-13-7-6-12-10(13)5-3-8-2-4-9(8)11/h6-9H,2-5,11H2,1H3. The zero-order valence-electron chi connectivity index (χ0n) is 8.11. The lowest BCUT2D eigenvalue weighted by Crippen LogP contribution is -2.39. The summed E-state index contributed by atoms with van der Waals surface area (Å²) in [4.78, 5) is 4.29. The van der Waals surface area contributed by atoms with Gasteiger partial charge in [-0.1, -0.05) is 0 Å². The molecule has 2 rings (SSSR count). The van der Waals surface area contributed by atoms with Crippen LogP contribution in [-0.2, 0) is 13.5 Å². The van der Waals surface area contributed by atoms with Gasteiger partial charge in [-0.25, -0.2) is 4.98 Å². The molecule has 0 bridgehead atoms. The van der Waals surface area contributed by atoms with E-state index in [1.165, 1.54) is 25.1 Å². The third-order valence-corrected chi connectivity index (χ3v) is 3.14. The van der Waals surface area contributed by atoms with Crippen LogP contribution < -0.4 is 5.73 Å². The number of hydrogen-bond donors (Lipinski definition) is 1. The lowest BCUT2D eigenvalue weighted by molar-refractivity contribution is 0.240. The van der Waals surface area contributed by atoms with Crippen molar-refractivity contribution in [1.82, 2.24) is 9.55 Å². The second-order valence-corrected chi connectivity index (χ2v) is 3.99. The summed E-state index contributed by atoms with van der Waals surface area (Å²) in [6.07, 6.45) is 8.65. The van der Waals surface area contributed by atoms with Gasteiger partial charge in [0.1, 0.15) is 5.82 Å². The average Bonchev–Trinajstić information content (AvgIpc) is 2.50. The van der Waals surface area contributed by atoms with E-state index in [0.29, 0.717) is 6.04 Å². The van der Waals surface area contributed by atoms with Gasteiger partial charge < -0.3 is 10.3 Å². The smallest absolute Gasteiger partial charge is 0.108 e. The Kier molecular flexibility index (Phi) is 2.36. The largest absolute Gasteiger partial charge is 0.338 e. The lowest BCUT2D eigenvalue weighted by atomic mass is 9.77. The second-order valence-electron chi connectivity index (χ2n) is 3.99. The van der Waals surface area contributed by atoms with Crippen molar-refractivity contribution < 1.29 is 0 Å².